The van der Waals surface area contributed by atoms with E-state index in [0.717, 1.165) is 6.42 Å². The number of nitriles is 1. The van der Waals surface area contributed by atoms with Crippen molar-refractivity contribution in [2.75, 3.05) is 13.2 Å². The Balaban J connectivity index is 2.72. The van der Waals surface area contributed by atoms with Gasteiger partial charge in [0.05, 0.1) is 12.7 Å². The molecule has 0 aliphatic carbocycles. The number of benzene rings is 1. The van der Waals surface area contributed by atoms with Crippen molar-refractivity contribution in [3.05, 3.63) is 29.8 Å². The third-order valence-corrected chi connectivity index (χ3v) is 3.26. The minimum absolute atomic E-state index is 0.0766. The maximum Gasteiger partial charge on any atom is 0.251 e. The summed E-state index contributed by atoms with van der Waals surface area (Å²) >= 11 is 0. The summed E-state index contributed by atoms with van der Waals surface area (Å²) in [4.78, 5) is 24.4. The van der Waals surface area contributed by atoms with Crippen molar-refractivity contribution >= 4 is 11.8 Å². The second-order valence-electron chi connectivity index (χ2n) is 5.90. The molecule has 1 unspecified atom stereocenters. The van der Waals surface area contributed by atoms with Gasteiger partial charge in [0.2, 0.25) is 5.91 Å². The van der Waals surface area contributed by atoms with E-state index >= 15 is 0 Å². The quantitative estimate of drug-likeness (QED) is 0.679. The Bertz CT molecular complexity index is 576. The monoisotopic (exact) mass is 331 g/mol. The lowest BCUT2D eigenvalue weighted by Crippen LogP contribution is -2.47. The van der Waals surface area contributed by atoms with Gasteiger partial charge in [-0.3, -0.25) is 9.59 Å². The Morgan fingerprint density at radius 1 is 1.25 bits per heavy atom. The molecule has 2 amide bonds. The highest BCUT2D eigenvalue weighted by Gasteiger charge is 2.22. The summed E-state index contributed by atoms with van der Waals surface area (Å²) in [5, 5.41) is 13.8. The van der Waals surface area contributed by atoms with Crippen LogP contribution in [-0.2, 0) is 4.79 Å². The number of carbonyl (C=O) groups excluding carboxylic acids is 2. The highest BCUT2D eigenvalue weighted by atomic mass is 16.5. The van der Waals surface area contributed by atoms with Gasteiger partial charge in [0.1, 0.15) is 18.3 Å². The van der Waals surface area contributed by atoms with Crippen molar-refractivity contribution in [3.8, 4) is 11.8 Å². The average Bonchev–Trinajstić information content (AvgIpc) is 2.57. The zero-order valence-electron chi connectivity index (χ0n) is 14.5. The number of ether oxygens (including phenoxy) is 1. The van der Waals surface area contributed by atoms with Gasteiger partial charge in [0.15, 0.2) is 0 Å². The van der Waals surface area contributed by atoms with E-state index in [2.05, 4.69) is 10.6 Å². The molecule has 0 saturated carbocycles. The Labute approximate surface area is 143 Å². The second kappa shape index (κ2) is 10.3. The molecule has 1 rings (SSSR count). The van der Waals surface area contributed by atoms with Crippen LogP contribution in [0.2, 0.25) is 0 Å². The van der Waals surface area contributed by atoms with Crippen LogP contribution >= 0.6 is 0 Å². The van der Waals surface area contributed by atoms with Crippen molar-refractivity contribution in [2.24, 2.45) is 5.92 Å². The molecule has 0 aliphatic rings. The van der Waals surface area contributed by atoms with Gasteiger partial charge in [-0.25, -0.2) is 0 Å². The van der Waals surface area contributed by atoms with Gasteiger partial charge in [0, 0.05) is 5.56 Å². The predicted molar refractivity (Wildman–Crippen MR) is 91.6 cm³/mol. The van der Waals surface area contributed by atoms with Crippen molar-refractivity contribution in [2.45, 2.75) is 39.7 Å². The topological polar surface area (TPSA) is 91.2 Å². The molecule has 6 heteroatoms. The van der Waals surface area contributed by atoms with Crippen LogP contribution in [0.1, 0.15) is 44.0 Å². The number of hydrogen-bond donors (Lipinski definition) is 2. The summed E-state index contributed by atoms with van der Waals surface area (Å²) in [5.74, 6) is 0.267. The second-order valence-corrected chi connectivity index (χ2v) is 5.90. The third-order valence-electron chi connectivity index (χ3n) is 3.26. The van der Waals surface area contributed by atoms with Gasteiger partial charge in [-0.1, -0.05) is 20.8 Å². The van der Waals surface area contributed by atoms with Crippen LogP contribution in [0, 0.1) is 17.2 Å². The van der Waals surface area contributed by atoms with Gasteiger partial charge < -0.3 is 15.4 Å². The summed E-state index contributed by atoms with van der Waals surface area (Å²) in [6, 6.07) is 7.99. The molecule has 0 bridgehead atoms. The van der Waals surface area contributed by atoms with Gasteiger partial charge >= 0.3 is 0 Å². The average molecular weight is 331 g/mol. The number of rotatable bonds is 9. The molecule has 1 aromatic rings. The van der Waals surface area contributed by atoms with E-state index in [1.807, 2.05) is 26.8 Å². The summed E-state index contributed by atoms with van der Waals surface area (Å²) < 4.78 is 5.48. The standard InChI is InChI=1S/C18H25N3O3/c1-4-11-24-15-7-5-14(6-8-15)17(22)21-16(12-13(2)3)18(23)20-10-9-19/h5-8,13,16H,4,10-12H2,1-3H3,(H,20,23)(H,21,22). The van der Waals surface area contributed by atoms with E-state index in [9.17, 15) is 9.59 Å². The fourth-order valence-electron chi connectivity index (χ4n) is 2.12. The van der Waals surface area contributed by atoms with E-state index in [4.69, 9.17) is 10.00 Å². The van der Waals surface area contributed by atoms with Crippen molar-refractivity contribution in [3.63, 3.8) is 0 Å². The minimum Gasteiger partial charge on any atom is -0.494 e. The largest absolute Gasteiger partial charge is 0.494 e. The molecule has 1 aromatic carbocycles. The molecular weight excluding hydrogens is 306 g/mol. The van der Waals surface area contributed by atoms with Crippen LogP contribution in [0.5, 0.6) is 5.75 Å². The van der Waals surface area contributed by atoms with Crippen LogP contribution in [-0.4, -0.2) is 31.0 Å². The van der Waals surface area contributed by atoms with Crippen LogP contribution in [0.25, 0.3) is 0 Å². The zero-order valence-corrected chi connectivity index (χ0v) is 14.5. The molecule has 130 valence electrons. The molecule has 0 aliphatic heterocycles. The van der Waals surface area contributed by atoms with Crippen LogP contribution < -0.4 is 15.4 Å². The third kappa shape index (κ3) is 6.69. The maximum atomic E-state index is 12.3. The Morgan fingerprint density at radius 3 is 2.46 bits per heavy atom. The first-order valence-corrected chi connectivity index (χ1v) is 8.16. The molecule has 0 spiro atoms. The molecule has 6 nitrogen and oxygen atoms in total. The summed E-state index contributed by atoms with van der Waals surface area (Å²) in [6.45, 7) is 6.51. The van der Waals surface area contributed by atoms with Gasteiger partial charge in [0.25, 0.3) is 5.91 Å². The van der Waals surface area contributed by atoms with Crippen molar-refractivity contribution in [1.82, 2.24) is 10.6 Å². The van der Waals surface area contributed by atoms with E-state index in [1.54, 1.807) is 24.3 Å². The molecule has 0 aromatic heterocycles. The van der Waals surface area contributed by atoms with E-state index in [0.29, 0.717) is 24.3 Å². The number of amides is 2. The molecule has 0 saturated heterocycles. The van der Waals surface area contributed by atoms with Crippen molar-refractivity contribution in [1.29, 1.82) is 5.26 Å². The van der Waals surface area contributed by atoms with Crippen LogP contribution in [0.4, 0.5) is 0 Å². The lowest BCUT2D eigenvalue weighted by molar-refractivity contribution is -0.123. The molecule has 0 heterocycles. The Morgan fingerprint density at radius 2 is 1.92 bits per heavy atom. The molecule has 24 heavy (non-hydrogen) atoms. The smallest absolute Gasteiger partial charge is 0.251 e. The normalized spacial score (nSPS) is 11.5. The number of nitrogens with one attached hydrogen (secondary N) is 2. The molecular formula is C18H25N3O3. The fraction of sp³-hybridized carbons (Fsp3) is 0.500. The Hall–Kier alpha value is -2.55. The first-order valence-electron chi connectivity index (χ1n) is 8.16. The fourth-order valence-corrected chi connectivity index (χ4v) is 2.12. The predicted octanol–water partition coefficient (Wildman–Crippen LogP) is 2.26. The van der Waals surface area contributed by atoms with E-state index in [-0.39, 0.29) is 24.3 Å². The number of nitrogens with zero attached hydrogens (tertiary/aromatic N) is 1. The molecule has 2 N–H and O–H groups in total. The first-order chi connectivity index (χ1) is 11.5. The lowest BCUT2D eigenvalue weighted by Gasteiger charge is -2.19. The number of carbonyl (C=O) groups is 2. The lowest BCUT2D eigenvalue weighted by atomic mass is 10.0. The van der Waals surface area contributed by atoms with E-state index < -0.39 is 6.04 Å². The van der Waals surface area contributed by atoms with Gasteiger partial charge in [-0.15, -0.1) is 0 Å². The zero-order chi connectivity index (χ0) is 17.9. The first kappa shape index (κ1) is 19.5. The number of hydrogen-bond acceptors (Lipinski definition) is 4. The van der Waals surface area contributed by atoms with Gasteiger partial charge in [-0.2, -0.15) is 5.26 Å². The molecule has 0 fully saturated rings. The van der Waals surface area contributed by atoms with Crippen LogP contribution in [0.15, 0.2) is 24.3 Å². The summed E-state index contributed by atoms with van der Waals surface area (Å²) in [5.41, 5.74) is 0.459. The molecule has 0 radical (unpaired) electrons. The maximum absolute atomic E-state index is 12.3. The summed E-state index contributed by atoms with van der Waals surface area (Å²) in [7, 11) is 0. The Kier molecular flexibility index (Phi) is 8.34. The van der Waals surface area contributed by atoms with Gasteiger partial charge in [-0.05, 0) is 43.0 Å². The highest BCUT2D eigenvalue weighted by Crippen LogP contribution is 2.13. The van der Waals surface area contributed by atoms with Crippen molar-refractivity contribution < 1.29 is 14.3 Å². The minimum atomic E-state index is -0.665. The SMILES string of the molecule is CCCOc1ccc(C(=O)NC(CC(C)C)C(=O)NCC#N)cc1. The molecule has 1 atom stereocenters. The summed E-state index contributed by atoms with van der Waals surface area (Å²) in [6.07, 6.45) is 1.41. The van der Waals surface area contributed by atoms with Crippen LogP contribution in [0.3, 0.4) is 0 Å². The highest BCUT2D eigenvalue weighted by molar-refractivity contribution is 5.97. The van der Waals surface area contributed by atoms with E-state index in [1.165, 1.54) is 0 Å².